The zero-order valence-electron chi connectivity index (χ0n) is 15.5. The van der Waals surface area contributed by atoms with Crippen LogP contribution in [0.3, 0.4) is 0 Å². The van der Waals surface area contributed by atoms with Gasteiger partial charge in [-0.1, -0.05) is 36.8 Å². The highest BCUT2D eigenvalue weighted by molar-refractivity contribution is 5.77. The van der Waals surface area contributed by atoms with Crippen molar-refractivity contribution >= 4 is 11.9 Å². The lowest BCUT2D eigenvalue weighted by Crippen LogP contribution is -2.21. The molecule has 1 aliphatic carbocycles. The summed E-state index contributed by atoms with van der Waals surface area (Å²) in [6, 6.07) is 10.0. The molecule has 5 nitrogen and oxygen atoms in total. The van der Waals surface area contributed by atoms with Crippen molar-refractivity contribution in [1.82, 2.24) is 0 Å². The maximum atomic E-state index is 11.7. The van der Waals surface area contributed by atoms with Gasteiger partial charge in [-0.15, -0.1) is 0 Å². The number of unbranched alkanes of at least 4 members (excludes halogenated alkanes) is 1. The van der Waals surface area contributed by atoms with Crippen LogP contribution in [0.2, 0.25) is 0 Å². The minimum atomic E-state index is -0.337. The first-order valence-electron chi connectivity index (χ1n) is 9.71. The molecule has 0 radical (unpaired) electrons. The predicted octanol–water partition coefficient (Wildman–Crippen LogP) is 4.18. The summed E-state index contributed by atoms with van der Waals surface area (Å²) in [5.41, 5.74) is 1.15. The lowest BCUT2D eigenvalue weighted by Gasteiger charge is -2.21. The molecule has 0 aliphatic heterocycles. The van der Waals surface area contributed by atoms with Crippen LogP contribution in [0, 0.1) is 0 Å². The smallest absolute Gasteiger partial charge is 0.306 e. The molecular weight excluding hydrogens is 332 g/mol. The van der Waals surface area contributed by atoms with Gasteiger partial charge in [-0.2, -0.15) is 0 Å². The van der Waals surface area contributed by atoms with Crippen LogP contribution in [-0.2, 0) is 30.4 Å². The second-order valence-electron chi connectivity index (χ2n) is 6.72. The summed E-state index contributed by atoms with van der Waals surface area (Å²) in [5, 5.41) is 0. The third-order valence-corrected chi connectivity index (χ3v) is 4.44. The Morgan fingerprint density at radius 2 is 1.58 bits per heavy atom. The fraction of sp³-hybridized carbons (Fsp3) is 0.619. The van der Waals surface area contributed by atoms with Crippen molar-refractivity contribution in [3.8, 4) is 0 Å². The topological polar surface area (TPSA) is 61.8 Å². The third-order valence-electron chi connectivity index (χ3n) is 4.44. The largest absolute Gasteiger partial charge is 0.466 e. The Bertz CT molecular complexity index is 522. The summed E-state index contributed by atoms with van der Waals surface area (Å²) in [6.45, 7) is 1.61. The highest BCUT2D eigenvalue weighted by Crippen LogP contribution is 2.20. The van der Waals surface area contributed by atoms with Gasteiger partial charge in [-0.05, 0) is 44.1 Å². The summed E-state index contributed by atoms with van der Waals surface area (Å²) in [4.78, 5) is 23.4. The average molecular weight is 362 g/mol. The molecule has 0 aromatic heterocycles. The van der Waals surface area contributed by atoms with E-state index in [1.54, 1.807) is 0 Å². The van der Waals surface area contributed by atoms with Crippen LogP contribution in [0.5, 0.6) is 0 Å². The van der Waals surface area contributed by atoms with Gasteiger partial charge in [0.25, 0.3) is 0 Å². The first-order chi connectivity index (χ1) is 12.7. The normalized spacial score (nSPS) is 14.8. The monoisotopic (exact) mass is 362 g/mol. The van der Waals surface area contributed by atoms with Crippen LogP contribution < -0.4 is 0 Å². The average Bonchev–Trinajstić information content (AvgIpc) is 2.67. The van der Waals surface area contributed by atoms with Gasteiger partial charge in [-0.25, -0.2) is 0 Å². The Morgan fingerprint density at radius 1 is 0.885 bits per heavy atom. The van der Waals surface area contributed by atoms with E-state index in [1.165, 1.54) is 6.42 Å². The minimum absolute atomic E-state index is 0.0446. The molecule has 0 spiro atoms. The Hall–Kier alpha value is -1.88. The highest BCUT2D eigenvalue weighted by atomic mass is 16.5. The molecule has 1 aromatic rings. The Labute approximate surface area is 156 Å². The lowest BCUT2D eigenvalue weighted by molar-refractivity contribution is -0.154. The molecule has 1 aliphatic rings. The summed E-state index contributed by atoms with van der Waals surface area (Å²) in [5.74, 6) is -0.626. The first-order valence-corrected chi connectivity index (χ1v) is 9.71. The number of hydrogen-bond donors (Lipinski definition) is 0. The standard InChI is InChI=1S/C21H30O5/c22-20(13-14-21(23)26-19-11-5-2-6-12-19)25-16-8-7-15-24-17-18-9-3-1-4-10-18/h1,3-4,9-10,19H,2,5-8,11-17H2. The van der Waals surface area contributed by atoms with Crippen molar-refractivity contribution < 1.29 is 23.8 Å². The van der Waals surface area contributed by atoms with Gasteiger partial charge >= 0.3 is 11.9 Å². The van der Waals surface area contributed by atoms with Crippen molar-refractivity contribution in [2.24, 2.45) is 0 Å². The van der Waals surface area contributed by atoms with Gasteiger partial charge in [0, 0.05) is 6.61 Å². The Morgan fingerprint density at radius 3 is 2.35 bits per heavy atom. The zero-order chi connectivity index (χ0) is 18.5. The molecule has 144 valence electrons. The quantitative estimate of drug-likeness (QED) is 0.436. The number of hydrogen-bond acceptors (Lipinski definition) is 5. The van der Waals surface area contributed by atoms with Crippen molar-refractivity contribution in [1.29, 1.82) is 0 Å². The molecule has 0 N–H and O–H groups in total. The fourth-order valence-electron chi connectivity index (χ4n) is 2.96. The van der Waals surface area contributed by atoms with Gasteiger partial charge in [0.05, 0.1) is 26.1 Å². The van der Waals surface area contributed by atoms with Crippen molar-refractivity contribution in [2.45, 2.75) is 70.5 Å². The second kappa shape index (κ2) is 12.5. The van der Waals surface area contributed by atoms with Gasteiger partial charge in [0.2, 0.25) is 0 Å². The van der Waals surface area contributed by atoms with Crippen molar-refractivity contribution in [3.63, 3.8) is 0 Å². The molecule has 1 aromatic carbocycles. The first kappa shape index (κ1) is 20.4. The van der Waals surface area contributed by atoms with Crippen LogP contribution in [0.25, 0.3) is 0 Å². The molecule has 0 saturated heterocycles. The Kier molecular flexibility index (Phi) is 9.80. The van der Waals surface area contributed by atoms with Crippen molar-refractivity contribution in [3.05, 3.63) is 35.9 Å². The summed E-state index contributed by atoms with van der Waals surface area (Å²) in [6.07, 6.45) is 7.19. The van der Waals surface area contributed by atoms with E-state index < -0.39 is 0 Å². The van der Waals surface area contributed by atoms with Gasteiger partial charge in [0.1, 0.15) is 6.10 Å². The number of benzene rings is 1. The van der Waals surface area contributed by atoms with E-state index in [-0.39, 0.29) is 30.9 Å². The fourth-order valence-corrected chi connectivity index (χ4v) is 2.96. The van der Waals surface area contributed by atoms with E-state index in [2.05, 4.69) is 0 Å². The maximum Gasteiger partial charge on any atom is 0.306 e. The van der Waals surface area contributed by atoms with E-state index in [1.807, 2.05) is 30.3 Å². The van der Waals surface area contributed by atoms with E-state index >= 15 is 0 Å². The van der Waals surface area contributed by atoms with E-state index in [9.17, 15) is 9.59 Å². The summed E-state index contributed by atoms with van der Waals surface area (Å²) < 4.78 is 16.1. The van der Waals surface area contributed by atoms with Gasteiger partial charge in [0.15, 0.2) is 0 Å². The molecule has 0 amide bonds. The minimum Gasteiger partial charge on any atom is -0.466 e. The number of esters is 2. The van der Waals surface area contributed by atoms with Gasteiger partial charge < -0.3 is 14.2 Å². The van der Waals surface area contributed by atoms with E-state index in [0.717, 1.165) is 44.1 Å². The summed E-state index contributed by atoms with van der Waals surface area (Å²) >= 11 is 0. The Balaban J connectivity index is 1.41. The van der Waals surface area contributed by atoms with E-state index in [0.29, 0.717) is 19.8 Å². The van der Waals surface area contributed by atoms with Crippen LogP contribution in [0.15, 0.2) is 30.3 Å². The van der Waals surface area contributed by atoms with E-state index in [4.69, 9.17) is 14.2 Å². The second-order valence-corrected chi connectivity index (χ2v) is 6.72. The molecule has 0 unspecified atom stereocenters. The molecule has 0 heterocycles. The molecule has 26 heavy (non-hydrogen) atoms. The zero-order valence-corrected chi connectivity index (χ0v) is 15.5. The van der Waals surface area contributed by atoms with Crippen LogP contribution in [0.1, 0.15) is 63.4 Å². The highest BCUT2D eigenvalue weighted by Gasteiger charge is 2.18. The predicted molar refractivity (Wildman–Crippen MR) is 98.5 cm³/mol. The lowest BCUT2D eigenvalue weighted by atomic mass is 9.98. The summed E-state index contributed by atoms with van der Waals surface area (Å²) in [7, 11) is 0. The third kappa shape index (κ3) is 8.99. The molecule has 1 saturated carbocycles. The molecule has 5 heteroatoms. The maximum absolute atomic E-state index is 11.7. The number of carbonyl (C=O) groups is 2. The molecule has 1 fully saturated rings. The molecular formula is C21H30O5. The number of ether oxygens (including phenoxy) is 3. The number of rotatable bonds is 11. The molecule has 2 rings (SSSR count). The van der Waals surface area contributed by atoms with Crippen molar-refractivity contribution in [2.75, 3.05) is 13.2 Å². The van der Waals surface area contributed by atoms with Crippen LogP contribution in [0.4, 0.5) is 0 Å². The number of carbonyl (C=O) groups excluding carboxylic acids is 2. The van der Waals surface area contributed by atoms with Gasteiger partial charge in [-0.3, -0.25) is 9.59 Å². The SMILES string of the molecule is O=C(CCC(=O)OC1CCCCC1)OCCCCOCc1ccccc1. The van der Waals surface area contributed by atoms with Crippen LogP contribution >= 0.6 is 0 Å². The van der Waals surface area contributed by atoms with Crippen LogP contribution in [-0.4, -0.2) is 31.3 Å². The molecule has 0 bridgehead atoms. The molecule has 0 atom stereocenters.